The lowest BCUT2D eigenvalue weighted by atomic mass is 10.1. The van der Waals surface area contributed by atoms with E-state index in [1.165, 1.54) is 6.92 Å². The summed E-state index contributed by atoms with van der Waals surface area (Å²) >= 11 is 6.06. The lowest BCUT2D eigenvalue weighted by molar-refractivity contribution is -0.122. The van der Waals surface area contributed by atoms with Crippen molar-refractivity contribution in [3.8, 4) is 0 Å². The Hall–Kier alpha value is -2.66. The molecule has 1 saturated carbocycles. The third-order valence-corrected chi connectivity index (χ3v) is 4.87. The van der Waals surface area contributed by atoms with Crippen LogP contribution < -0.4 is 10.6 Å². The van der Waals surface area contributed by atoms with Crippen molar-refractivity contribution in [3.05, 3.63) is 58.6 Å². The Balaban J connectivity index is 1.55. The fraction of sp³-hybridized carbons (Fsp3) is 0.250. The van der Waals surface area contributed by atoms with Gasteiger partial charge in [-0.25, -0.2) is 0 Å². The predicted molar refractivity (Wildman–Crippen MR) is 101 cm³/mol. The molecule has 0 aliphatic heterocycles. The van der Waals surface area contributed by atoms with Crippen molar-refractivity contribution in [2.24, 2.45) is 11.8 Å². The van der Waals surface area contributed by atoms with Crippen LogP contribution >= 0.6 is 11.6 Å². The number of hydrogen-bond donors (Lipinski definition) is 2. The number of nitrogens with one attached hydrogen (secondary N) is 2. The van der Waals surface area contributed by atoms with E-state index >= 15 is 0 Å². The van der Waals surface area contributed by atoms with Crippen LogP contribution in [0.3, 0.4) is 0 Å². The molecule has 0 bridgehead atoms. The summed E-state index contributed by atoms with van der Waals surface area (Å²) in [4.78, 5) is 35.8. The molecular weight excluding hydrogens is 352 g/mol. The molecule has 0 saturated heterocycles. The van der Waals surface area contributed by atoms with Crippen molar-refractivity contribution in [2.75, 3.05) is 10.6 Å². The fourth-order valence-corrected chi connectivity index (χ4v) is 2.88. The molecule has 0 aromatic heterocycles. The molecule has 2 N–H and O–H groups in total. The second-order valence-electron chi connectivity index (χ2n) is 6.52. The molecule has 0 spiro atoms. The van der Waals surface area contributed by atoms with E-state index < -0.39 is 0 Å². The third-order valence-electron chi connectivity index (χ3n) is 4.46. The van der Waals surface area contributed by atoms with Crippen LogP contribution in [-0.2, 0) is 9.59 Å². The van der Waals surface area contributed by atoms with Gasteiger partial charge in [0.2, 0.25) is 11.8 Å². The molecule has 2 atom stereocenters. The second-order valence-corrected chi connectivity index (χ2v) is 6.93. The Morgan fingerprint density at radius 3 is 2.00 bits per heavy atom. The number of ketones is 1. The summed E-state index contributed by atoms with van der Waals surface area (Å²) < 4.78 is 0. The normalized spacial score (nSPS) is 18.1. The predicted octanol–water partition coefficient (Wildman–Crippen LogP) is 4.06. The number of carbonyl (C=O) groups is 3. The monoisotopic (exact) mass is 370 g/mol. The van der Waals surface area contributed by atoms with Crippen molar-refractivity contribution >= 4 is 40.6 Å². The number of anilines is 2. The molecule has 5 nitrogen and oxygen atoms in total. The smallest absolute Gasteiger partial charge is 0.228 e. The Kier molecular flexibility index (Phi) is 5.09. The molecule has 1 aliphatic rings. The summed E-state index contributed by atoms with van der Waals surface area (Å²) in [5, 5.41) is 6.17. The first kappa shape index (κ1) is 18.1. The van der Waals surface area contributed by atoms with Gasteiger partial charge in [-0.2, -0.15) is 0 Å². The SMILES string of the molecule is CC(=O)c1ccc(NC(=O)C2CC2C(=O)Nc2ccc(C)c(Cl)c2)cc1. The molecule has 2 unspecified atom stereocenters. The van der Waals surface area contributed by atoms with E-state index in [1.54, 1.807) is 36.4 Å². The Bertz CT molecular complexity index is 877. The maximum atomic E-state index is 12.3. The average Bonchev–Trinajstić information content (AvgIpc) is 3.39. The topological polar surface area (TPSA) is 75.3 Å². The minimum Gasteiger partial charge on any atom is -0.326 e. The zero-order valence-electron chi connectivity index (χ0n) is 14.5. The van der Waals surface area contributed by atoms with E-state index in [0.29, 0.717) is 28.4 Å². The Morgan fingerprint density at radius 1 is 0.923 bits per heavy atom. The maximum absolute atomic E-state index is 12.3. The van der Waals surface area contributed by atoms with Crippen LogP contribution in [0.5, 0.6) is 0 Å². The van der Waals surface area contributed by atoms with Gasteiger partial charge >= 0.3 is 0 Å². The molecule has 2 aromatic rings. The number of Topliss-reactive ketones (excluding diaryl/α,β-unsaturated/α-hetero) is 1. The minimum absolute atomic E-state index is 0.0296. The van der Waals surface area contributed by atoms with Crippen LogP contribution in [0.4, 0.5) is 11.4 Å². The number of hydrogen-bond acceptors (Lipinski definition) is 3. The summed E-state index contributed by atoms with van der Waals surface area (Å²) in [6, 6.07) is 12.0. The largest absolute Gasteiger partial charge is 0.326 e. The molecule has 26 heavy (non-hydrogen) atoms. The van der Waals surface area contributed by atoms with Gasteiger partial charge in [-0.15, -0.1) is 0 Å². The molecule has 2 aromatic carbocycles. The van der Waals surface area contributed by atoms with E-state index in [1.807, 2.05) is 13.0 Å². The molecular formula is C20H19ClN2O3. The fourth-order valence-electron chi connectivity index (χ4n) is 2.70. The van der Waals surface area contributed by atoms with Gasteiger partial charge in [-0.3, -0.25) is 14.4 Å². The second kappa shape index (κ2) is 7.30. The van der Waals surface area contributed by atoms with Crippen molar-refractivity contribution in [1.82, 2.24) is 0 Å². The summed E-state index contributed by atoms with van der Waals surface area (Å²) in [6.45, 7) is 3.38. The van der Waals surface area contributed by atoms with E-state index in [4.69, 9.17) is 11.6 Å². The highest BCUT2D eigenvalue weighted by Crippen LogP contribution is 2.40. The molecule has 1 aliphatic carbocycles. The number of carbonyl (C=O) groups excluding carboxylic acids is 3. The van der Waals surface area contributed by atoms with E-state index in [9.17, 15) is 14.4 Å². The molecule has 3 rings (SSSR count). The van der Waals surface area contributed by atoms with Crippen molar-refractivity contribution in [1.29, 1.82) is 0 Å². The van der Waals surface area contributed by atoms with Gasteiger partial charge in [0.25, 0.3) is 0 Å². The highest BCUT2D eigenvalue weighted by atomic mass is 35.5. The number of halogens is 1. The van der Waals surface area contributed by atoms with Crippen LogP contribution in [0.25, 0.3) is 0 Å². The van der Waals surface area contributed by atoms with Crippen molar-refractivity contribution < 1.29 is 14.4 Å². The molecule has 6 heteroatoms. The van der Waals surface area contributed by atoms with Crippen LogP contribution in [-0.4, -0.2) is 17.6 Å². The Morgan fingerprint density at radius 2 is 1.46 bits per heavy atom. The van der Waals surface area contributed by atoms with Gasteiger partial charge in [0.05, 0.1) is 11.8 Å². The molecule has 1 fully saturated rings. The van der Waals surface area contributed by atoms with Gasteiger partial charge in [-0.05, 0) is 62.2 Å². The highest BCUT2D eigenvalue weighted by Gasteiger charge is 2.48. The summed E-state index contributed by atoms with van der Waals surface area (Å²) in [5.74, 6) is -1.09. The van der Waals surface area contributed by atoms with Crippen molar-refractivity contribution in [2.45, 2.75) is 20.3 Å². The molecule has 134 valence electrons. The quantitative estimate of drug-likeness (QED) is 0.779. The van der Waals surface area contributed by atoms with E-state index in [-0.39, 0.29) is 29.4 Å². The van der Waals surface area contributed by atoms with E-state index in [2.05, 4.69) is 10.6 Å². The molecule has 0 heterocycles. The lowest BCUT2D eigenvalue weighted by Gasteiger charge is -2.07. The first-order valence-electron chi connectivity index (χ1n) is 8.34. The summed E-state index contributed by atoms with van der Waals surface area (Å²) in [6.07, 6.45) is 0.517. The minimum atomic E-state index is -0.344. The zero-order valence-corrected chi connectivity index (χ0v) is 15.3. The number of amides is 2. The summed E-state index contributed by atoms with van der Waals surface area (Å²) in [5.41, 5.74) is 2.75. The lowest BCUT2D eigenvalue weighted by Crippen LogP contribution is -2.20. The summed E-state index contributed by atoms with van der Waals surface area (Å²) in [7, 11) is 0. The maximum Gasteiger partial charge on any atom is 0.228 e. The van der Waals surface area contributed by atoms with Gasteiger partial charge in [0, 0.05) is 22.0 Å². The molecule has 2 amide bonds. The standard InChI is InChI=1S/C20H19ClN2O3/c1-11-3-6-15(9-18(11)21)23-20(26)17-10-16(17)19(25)22-14-7-4-13(5-8-14)12(2)24/h3-9,16-17H,10H2,1-2H3,(H,22,25)(H,23,26). The zero-order chi connectivity index (χ0) is 18.8. The number of rotatable bonds is 5. The Labute approximate surface area is 156 Å². The average molecular weight is 371 g/mol. The number of aryl methyl sites for hydroxylation is 1. The van der Waals surface area contributed by atoms with Gasteiger partial charge < -0.3 is 10.6 Å². The van der Waals surface area contributed by atoms with Crippen LogP contribution in [0.15, 0.2) is 42.5 Å². The first-order chi connectivity index (χ1) is 12.3. The van der Waals surface area contributed by atoms with Crippen molar-refractivity contribution in [3.63, 3.8) is 0 Å². The first-order valence-corrected chi connectivity index (χ1v) is 8.72. The molecule has 0 radical (unpaired) electrons. The van der Waals surface area contributed by atoms with Gasteiger partial charge in [-0.1, -0.05) is 17.7 Å². The van der Waals surface area contributed by atoms with Gasteiger partial charge in [0.1, 0.15) is 0 Å². The highest BCUT2D eigenvalue weighted by molar-refractivity contribution is 6.31. The van der Waals surface area contributed by atoms with E-state index in [0.717, 1.165) is 5.56 Å². The number of benzene rings is 2. The van der Waals surface area contributed by atoms with Gasteiger partial charge in [0.15, 0.2) is 5.78 Å². The van der Waals surface area contributed by atoms with Crippen LogP contribution in [0.2, 0.25) is 5.02 Å². The van der Waals surface area contributed by atoms with Crippen LogP contribution in [0, 0.1) is 18.8 Å². The van der Waals surface area contributed by atoms with Crippen LogP contribution in [0.1, 0.15) is 29.3 Å². The third kappa shape index (κ3) is 4.11.